The Morgan fingerprint density at radius 1 is 1.00 bits per heavy atom. The zero-order chi connectivity index (χ0) is 14.7. The second-order valence-electron chi connectivity index (χ2n) is 9.11. The van der Waals surface area contributed by atoms with Crippen LogP contribution in [0.3, 0.4) is 0 Å². The van der Waals surface area contributed by atoms with Crippen LogP contribution in [0.5, 0.6) is 0 Å². The summed E-state index contributed by atoms with van der Waals surface area (Å²) >= 11 is 0. The fourth-order valence-corrected chi connectivity index (χ4v) is 7.14. The fraction of sp³-hybridized carbons (Fsp3) is 0.947. The average Bonchev–Trinajstić information content (AvgIpc) is 2.88. The van der Waals surface area contributed by atoms with Crippen LogP contribution < -0.4 is 0 Å². The van der Waals surface area contributed by atoms with Gasteiger partial charge >= 0.3 is 0 Å². The molecule has 6 atom stereocenters. The number of rotatable bonds is 0. The molecule has 4 aliphatic carbocycles. The van der Waals surface area contributed by atoms with Gasteiger partial charge in [-0.25, -0.2) is 0 Å². The highest BCUT2D eigenvalue weighted by atomic mass is 16.4. The molecule has 118 valence electrons. The van der Waals surface area contributed by atoms with Gasteiger partial charge in [0.25, 0.3) is 0 Å². The number of fused-ring (bicyclic) bond motifs is 5. The number of nitrogens with zero attached hydrogens (tertiary/aromatic N) is 1. The van der Waals surface area contributed by atoms with E-state index in [1.165, 1.54) is 51.4 Å². The van der Waals surface area contributed by atoms with Crippen molar-refractivity contribution >= 4 is 5.71 Å². The Labute approximate surface area is 129 Å². The van der Waals surface area contributed by atoms with Crippen molar-refractivity contribution in [3.8, 4) is 0 Å². The summed E-state index contributed by atoms with van der Waals surface area (Å²) in [7, 11) is 0. The van der Waals surface area contributed by atoms with Gasteiger partial charge in [-0.1, -0.05) is 25.4 Å². The molecule has 4 rings (SSSR count). The number of hydrogen-bond acceptors (Lipinski definition) is 2. The SMILES string of the molecule is C[C@@]12CCC[C@@H]1[C@H]1CC[C@@H]3C/C(=N\O)CC[C@]3(C)[C@@H]1CC2. The van der Waals surface area contributed by atoms with Gasteiger partial charge in [-0.05, 0) is 92.3 Å². The Bertz CT molecular complexity index is 458. The van der Waals surface area contributed by atoms with E-state index in [4.69, 9.17) is 5.21 Å². The van der Waals surface area contributed by atoms with Gasteiger partial charge in [0.15, 0.2) is 0 Å². The summed E-state index contributed by atoms with van der Waals surface area (Å²) in [5.41, 5.74) is 2.27. The molecule has 0 amide bonds. The highest BCUT2D eigenvalue weighted by molar-refractivity contribution is 5.85. The Morgan fingerprint density at radius 2 is 1.86 bits per heavy atom. The fourth-order valence-electron chi connectivity index (χ4n) is 7.14. The molecule has 0 radical (unpaired) electrons. The van der Waals surface area contributed by atoms with E-state index in [-0.39, 0.29) is 0 Å². The van der Waals surface area contributed by atoms with E-state index in [1.54, 1.807) is 0 Å². The van der Waals surface area contributed by atoms with Crippen LogP contribution in [-0.2, 0) is 0 Å². The zero-order valence-corrected chi connectivity index (χ0v) is 13.8. The Kier molecular flexibility index (Phi) is 3.17. The van der Waals surface area contributed by atoms with Crippen molar-refractivity contribution in [1.29, 1.82) is 0 Å². The first-order valence-electron chi connectivity index (χ1n) is 9.27. The lowest BCUT2D eigenvalue weighted by Crippen LogP contribution is -2.52. The molecule has 4 saturated carbocycles. The van der Waals surface area contributed by atoms with Crippen LogP contribution in [0.1, 0.15) is 78.1 Å². The predicted octanol–water partition coefficient (Wildman–Crippen LogP) is 5.25. The summed E-state index contributed by atoms with van der Waals surface area (Å²) in [6, 6.07) is 0. The molecule has 0 aromatic rings. The van der Waals surface area contributed by atoms with Crippen molar-refractivity contribution < 1.29 is 5.21 Å². The smallest absolute Gasteiger partial charge is 0.0574 e. The molecule has 0 saturated heterocycles. The third kappa shape index (κ3) is 1.93. The average molecular weight is 289 g/mol. The topological polar surface area (TPSA) is 32.6 Å². The second-order valence-corrected chi connectivity index (χ2v) is 9.11. The van der Waals surface area contributed by atoms with Gasteiger partial charge in [-0.3, -0.25) is 0 Å². The van der Waals surface area contributed by atoms with E-state index in [0.29, 0.717) is 10.8 Å². The molecule has 0 heterocycles. The van der Waals surface area contributed by atoms with Crippen LogP contribution in [0, 0.1) is 34.5 Å². The summed E-state index contributed by atoms with van der Waals surface area (Å²) in [6.45, 7) is 5.17. The molecule has 2 heteroatoms. The van der Waals surface area contributed by atoms with Crippen LogP contribution in [0.2, 0.25) is 0 Å². The second kappa shape index (κ2) is 4.73. The van der Waals surface area contributed by atoms with Crippen LogP contribution in [0.15, 0.2) is 5.16 Å². The Hall–Kier alpha value is -0.530. The standard InChI is InChI=1S/C19H31NO/c1-18-9-3-4-16(18)15-6-5-13-12-14(20-21)7-11-19(13,2)17(15)8-10-18/h13,15-17,21H,3-12H2,1-2H3/b20-14-/t13-,15-,16-,17-,18+,19+/m1/s1. The first-order chi connectivity index (χ1) is 10.1. The molecule has 0 aromatic heterocycles. The quantitative estimate of drug-likeness (QED) is 0.479. The monoisotopic (exact) mass is 289 g/mol. The van der Waals surface area contributed by atoms with Gasteiger partial charge in [0, 0.05) is 0 Å². The lowest BCUT2D eigenvalue weighted by Gasteiger charge is -2.60. The summed E-state index contributed by atoms with van der Waals surface area (Å²) in [6.07, 6.45) is 13.6. The van der Waals surface area contributed by atoms with E-state index in [2.05, 4.69) is 19.0 Å². The van der Waals surface area contributed by atoms with Gasteiger partial charge in [0.05, 0.1) is 5.71 Å². The third-order valence-corrected chi connectivity index (χ3v) is 8.42. The summed E-state index contributed by atoms with van der Waals surface area (Å²) in [4.78, 5) is 0. The largest absolute Gasteiger partial charge is 0.411 e. The maximum Gasteiger partial charge on any atom is 0.0574 e. The molecule has 4 fully saturated rings. The molecular formula is C19H31NO. The highest BCUT2D eigenvalue weighted by Gasteiger charge is 2.57. The van der Waals surface area contributed by atoms with Crippen molar-refractivity contribution in [2.75, 3.05) is 0 Å². The van der Waals surface area contributed by atoms with Gasteiger partial charge in [0.2, 0.25) is 0 Å². The van der Waals surface area contributed by atoms with Crippen molar-refractivity contribution in [1.82, 2.24) is 0 Å². The summed E-state index contributed by atoms with van der Waals surface area (Å²) < 4.78 is 0. The third-order valence-electron chi connectivity index (χ3n) is 8.42. The van der Waals surface area contributed by atoms with Crippen LogP contribution in [-0.4, -0.2) is 10.9 Å². The normalized spacial score (nSPS) is 54.9. The molecular weight excluding hydrogens is 258 g/mol. The van der Waals surface area contributed by atoms with E-state index >= 15 is 0 Å². The van der Waals surface area contributed by atoms with E-state index in [9.17, 15) is 0 Å². The molecule has 0 aliphatic heterocycles. The van der Waals surface area contributed by atoms with Gasteiger partial charge in [-0.15, -0.1) is 0 Å². The van der Waals surface area contributed by atoms with Crippen molar-refractivity contribution in [2.24, 2.45) is 39.7 Å². The molecule has 0 spiro atoms. The first-order valence-corrected chi connectivity index (χ1v) is 9.27. The predicted molar refractivity (Wildman–Crippen MR) is 85.6 cm³/mol. The van der Waals surface area contributed by atoms with Crippen LogP contribution in [0.4, 0.5) is 0 Å². The maximum absolute atomic E-state index is 9.14. The molecule has 1 N–H and O–H groups in total. The van der Waals surface area contributed by atoms with Gasteiger partial charge in [0.1, 0.15) is 0 Å². The van der Waals surface area contributed by atoms with E-state index < -0.39 is 0 Å². The maximum atomic E-state index is 9.14. The van der Waals surface area contributed by atoms with Crippen molar-refractivity contribution in [3.63, 3.8) is 0 Å². The Morgan fingerprint density at radius 3 is 2.67 bits per heavy atom. The zero-order valence-electron chi connectivity index (χ0n) is 13.8. The van der Waals surface area contributed by atoms with E-state index in [0.717, 1.165) is 42.2 Å². The highest BCUT2D eigenvalue weighted by Crippen LogP contribution is 2.65. The lowest BCUT2D eigenvalue weighted by atomic mass is 9.45. The van der Waals surface area contributed by atoms with Crippen LogP contribution in [0.25, 0.3) is 0 Å². The van der Waals surface area contributed by atoms with Gasteiger partial charge in [-0.2, -0.15) is 0 Å². The summed E-state index contributed by atoms with van der Waals surface area (Å²) in [5.74, 6) is 3.75. The van der Waals surface area contributed by atoms with Crippen molar-refractivity contribution in [2.45, 2.75) is 78.1 Å². The molecule has 0 bridgehead atoms. The van der Waals surface area contributed by atoms with Gasteiger partial charge < -0.3 is 5.21 Å². The molecule has 2 nitrogen and oxygen atoms in total. The van der Waals surface area contributed by atoms with Crippen LogP contribution >= 0.6 is 0 Å². The lowest BCUT2D eigenvalue weighted by molar-refractivity contribution is -0.0921. The minimum Gasteiger partial charge on any atom is -0.411 e. The van der Waals surface area contributed by atoms with Crippen molar-refractivity contribution in [3.05, 3.63) is 0 Å². The molecule has 0 aromatic carbocycles. The molecule has 4 aliphatic rings. The first kappa shape index (κ1) is 14.1. The van der Waals surface area contributed by atoms with E-state index in [1.807, 2.05) is 0 Å². The minimum absolute atomic E-state index is 0.529. The molecule has 21 heavy (non-hydrogen) atoms. The summed E-state index contributed by atoms with van der Waals surface area (Å²) in [5, 5.41) is 12.7. The number of hydrogen-bond donors (Lipinski definition) is 1. The molecule has 0 unspecified atom stereocenters. The Balaban J connectivity index is 1.61. The minimum atomic E-state index is 0.529. The number of oxime groups is 1.